The predicted molar refractivity (Wildman–Crippen MR) is 86.3 cm³/mol. The van der Waals surface area contributed by atoms with Crippen LogP contribution in [0.25, 0.3) is 6.08 Å². The number of carbonyl (C=O) groups excluding carboxylic acids is 1. The molecule has 4 heteroatoms. The summed E-state index contributed by atoms with van der Waals surface area (Å²) in [4.78, 5) is 11.5. The highest BCUT2D eigenvalue weighted by Crippen LogP contribution is 2.15. The smallest absolute Gasteiger partial charge is 0.348 e. The third-order valence-corrected chi connectivity index (χ3v) is 3.07. The van der Waals surface area contributed by atoms with Gasteiger partial charge in [0.25, 0.3) is 0 Å². The minimum absolute atomic E-state index is 0.00455. The number of hydrogen-bond donors (Lipinski definition) is 0. The summed E-state index contributed by atoms with van der Waals surface area (Å²) in [6.07, 6.45) is 6.20. The van der Waals surface area contributed by atoms with E-state index >= 15 is 0 Å². The third-order valence-electron chi connectivity index (χ3n) is 3.07. The van der Waals surface area contributed by atoms with Crippen LogP contribution in [0.4, 0.5) is 0 Å². The van der Waals surface area contributed by atoms with Gasteiger partial charge in [0, 0.05) is 0 Å². The summed E-state index contributed by atoms with van der Waals surface area (Å²) in [6, 6.07) is 9.17. The summed E-state index contributed by atoms with van der Waals surface area (Å²) in [5.74, 6) is 0.199. The van der Waals surface area contributed by atoms with Gasteiger partial charge in [-0.1, -0.05) is 38.3 Å². The van der Waals surface area contributed by atoms with Gasteiger partial charge in [0.1, 0.15) is 17.4 Å². The molecule has 0 unspecified atom stereocenters. The highest BCUT2D eigenvalue weighted by atomic mass is 16.5. The molecule has 0 aliphatic carbocycles. The molecule has 4 nitrogen and oxygen atoms in total. The van der Waals surface area contributed by atoms with Gasteiger partial charge >= 0.3 is 5.97 Å². The lowest BCUT2D eigenvalue weighted by Crippen LogP contribution is -2.05. The zero-order valence-corrected chi connectivity index (χ0v) is 13.3. The second kappa shape index (κ2) is 10.4. The number of hydrogen-bond acceptors (Lipinski definition) is 4. The van der Waals surface area contributed by atoms with Crippen LogP contribution in [0.1, 0.15) is 45.1 Å². The quantitative estimate of drug-likeness (QED) is 0.298. The fraction of sp³-hybridized carbons (Fsp3) is 0.444. The molecule has 0 heterocycles. The normalized spacial score (nSPS) is 10.9. The monoisotopic (exact) mass is 301 g/mol. The maximum Gasteiger partial charge on any atom is 0.348 e. The molecule has 0 aromatic heterocycles. The number of benzene rings is 1. The van der Waals surface area contributed by atoms with Crippen LogP contribution < -0.4 is 4.74 Å². The molecule has 0 aliphatic rings. The first-order valence-electron chi connectivity index (χ1n) is 7.73. The molecule has 0 atom stereocenters. The molecule has 0 radical (unpaired) electrons. The van der Waals surface area contributed by atoms with Gasteiger partial charge < -0.3 is 9.47 Å². The van der Waals surface area contributed by atoms with E-state index in [1.54, 1.807) is 6.92 Å². The summed E-state index contributed by atoms with van der Waals surface area (Å²) in [5.41, 5.74) is 0.762. The molecule has 0 saturated heterocycles. The zero-order chi connectivity index (χ0) is 16.2. The van der Waals surface area contributed by atoms with Crippen molar-refractivity contribution in [2.45, 2.75) is 39.5 Å². The fourth-order valence-corrected chi connectivity index (χ4v) is 1.89. The number of esters is 1. The van der Waals surface area contributed by atoms with Gasteiger partial charge in [0.15, 0.2) is 0 Å². The van der Waals surface area contributed by atoms with Crippen LogP contribution in [-0.2, 0) is 9.53 Å². The Morgan fingerprint density at radius 2 is 1.91 bits per heavy atom. The van der Waals surface area contributed by atoms with Crippen molar-refractivity contribution in [1.29, 1.82) is 5.26 Å². The Labute approximate surface area is 132 Å². The van der Waals surface area contributed by atoms with Crippen LogP contribution in [0.5, 0.6) is 5.75 Å². The van der Waals surface area contributed by atoms with Gasteiger partial charge in [0.2, 0.25) is 0 Å². The first-order valence-corrected chi connectivity index (χ1v) is 7.73. The number of nitrogens with zero attached hydrogens (tertiary/aromatic N) is 1. The number of rotatable bonds is 9. The van der Waals surface area contributed by atoms with Gasteiger partial charge in [-0.2, -0.15) is 5.26 Å². The molecular weight excluding hydrogens is 278 g/mol. The van der Waals surface area contributed by atoms with Crippen molar-refractivity contribution in [3.05, 3.63) is 35.4 Å². The Balaban J connectivity index is 2.57. The minimum atomic E-state index is -0.596. The molecule has 1 rings (SSSR count). The largest absolute Gasteiger partial charge is 0.494 e. The Kier molecular flexibility index (Phi) is 8.44. The highest BCUT2D eigenvalue weighted by Gasteiger charge is 2.09. The second-order valence-electron chi connectivity index (χ2n) is 4.87. The summed E-state index contributed by atoms with van der Waals surface area (Å²) >= 11 is 0. The number of ether oxygens (including phenoxy) is 2. The molecule has 1 aromatic rings. The molecule has 118 valence electrons. The van der Waals surface area contributed by atoms with Crippen molar-refractivity contribution < 1.29 is 14.3 Å². The van der Waals surface area contributed by atoms with E-state index in [4.69, 9.17) is 14.7 Å². The summed E-state index contributed by atoms with van der Waals surface area (Å²) in [5, 5.41) is 8.98. The Morgan fingerprint density at radius 1 is 1.18 bits per heavy atom. The zero-order valence-electron chi connectivity index (χ0n) is 13.3. The first kappa shape index (κ1) is 17.8. The molecule has 22 heavy (non-hydrogen) atoms. The van der Waals surface area contributed by atoms with Gasteiger partial charge in [0.05, 0.1) is 13.2 Å². The van der Waals surface area contributed by atoms with Crippen LogP contribution in [0.3, 0.4) is 0 Å². The topological polar surface area (TPSA) is 59.3 Å². The molecule has 0 aliphatic heterocycles. The molecule has 0 N–H and O–H groups in total. The molecule has 1 aromatic carbocycles. The van der Waals surface area contributed by atoms with E-state index in [1.807, 2.05) is 30.3 Å². The number of unbranched alkanes of at least 4 members (excludes halogenated alkanes) is 3. The molecule has 0 amide bonds. The summed E-state index contributed by atoms with van der Waals surface area (Å²) in [6.45, 7) is 4.85. The van der Waals surface area contributed by atoms with E-state index in [0.29, 0.717) is 6.61 Å². The molecule has 0 saturated carbocycles. The molecule has 0 fully saturated rings. The lowest BCUT2D eigenvalue weighted by molar-refractivity contribution is -0.137. The molecule has 0 spiro atoms. The first-order chi connectivity index (χ1) is 10.7. The predicted octanol–water partition coefficient (Wildman–Crippen LogP) is 4.12. The lowest BCUT2D eigenvalue weighted by atomic mass is 10.1. The summed E-state index contributed by atoms with van der Waals surface area (Å²) in [7, 11) is 0. The maximum atomic E-state index is 11.5. The van der Waals surface area contributed by atoms with Crippen LogP contribution in [0, 0.1) is 11.3 Å². The van der Waals surface area contributed by atoms with Gasteiger partial charge in [-0.25, -0.2) is 4.79 Å². The Morgan fingerprint density at radius 3 is 2.50 bits per heavy atom. The molecule has 0 bridgehead atoms. The minimum Gasteiger partial charge on any atom is -0.494 e. The standard InChI is InChI=1S/C18H23NO3/c1-3-5-6-7-12-22-17-10-8-15(9-11-17)13-16(14-19)18(20)21-4-2/h8-11,13H,3-7,12H2,1-2H3/b16-13+. The van der Waals surface area contributed by atoms with Crippen molar-refractivity contribution in [2.75, 3.05) is 13.2 Å². The maximum absolute atomic E-state index is 11.5. The van der Waals surface area contributed by atoms with E-state index in [0.717, 1.165) is 17.7 Å². The van der Waals surface area contributed by atoms with Crippen molar-refractivity contribution >= 4 is 12.0 Å². The van der Waals surface area contributed by atoms with Gasteiger partial charge in [-0.3, -0.25) is 0 Å². The average molecular weight is 301 g/mol. The second-order valence-corrected chi connectivity index (χ2v) is 4.87. The van der Waals surface area contributed by atoms with Crippen molar-refractivity contribution in [1.82, 2.24) is 0 Å². The fourth-order valence-electron chi connectivity index (χ4n) is 1.89. The average Bonchev–Trinajstić information content (AvgIpc) is 2.54. The van der Waals surface area contributed by atoms with Crippen molar-refractivity contribution in [2.24, 2.45) is 0 Å². The van der Waals surface area contributed by atoms with E-state index in [1.165, 1.54) is 25.3 Å². The van der Waals surface area contributed by atoms with Crippen molar-refractivity contribution in [3.8, 4) is 11.8 Å². The van der Waals surface area contributed by atoms with E-state index in [2.05, 4.69) is 6.92 Å². The number of nitriles is 1. The Bertz CT molecular complexity index is 526. The van der Waals surface area contributed by atoms with Crippen molar-refractivity contribution in [3.63, 3.8) is 0 Å². The van der Waals surface area contributed by atoms with E-state index in [-0.39, 0.29) is 12.2 Å². The third kappa shape index (κ3) is 6.45. The van der Waals surface area contributed by atoms with E-state index in [9.17, 15) is 4.79 Å². The summed E-state index contributed by atoms with van der Waals surface area (Å²) < 4.78 is 10.5. The number of carbonyl (C=O) groups is 1. The van der Waals surface area contributed by atoms with Crippen LogP contribution in [-0.4, -0.2) is 19.2 Å². The Hall–Kier alpha value is -2.28. The van der Waals surface area contributed by atoms with Gasteiger partial charge in [-0.05, 0) is 37.1 Å². The van der Waals surface area contributed by atoms with Crippen LogP contribution >= 0.6 is 0 Å². The van der Waals surface area contributed by atoms with Crippen LogP contribution in [0.15, 0.2) is 29.8 Å². The lowest BCUT2D eigenvalue weighted by Gasteiger charge is -2.06. The SMILES string of the molecule is CCCCCCOc1ccc(/C=C(\C#N)C(=O)OCC)cc1. The van der Waals surface area contributed by atoms with Crippen LogP contribution in [0.2, 0.25) is 0 Å². The molecular formula is C18H23NO3. The van der Waals surface area contributed by atoms with E-state index < -0.39 is 5.97 Å². The van der Waals surface area contributed by atoms with Gasteiger partial charge in [-0.15, -0.1) is 0 Å². The highest BCUT2D eigenvalue weighted by molar-refractivity contribution is 5.97.